The lowest BCUT2D eigenvalue weighted by Gasteiger charge is -2.28. The molecule has 8 heteroatoms. The van der Waals surface area contributed by atoms with Gasteiger partial charge in [-0.3, -0.25) is 9.69 Å². The lowest BCUT2D eigenvalue weighted by Crippen LogP contribution is -2.51. The average molecular weight is 360 g/mol. The van der Waals surface area contributed by atoms with E-state index in [1.165, 1.54) is 0 Å². The Kier molecular flexibility index (Phi) is 6.74. The molecule has 1 unspecified atom stereocenters. The van der Waals surface area contributed by atoms with Crippen molar-refractivity contribution in [1.29, 1.82) is 0 Å². The van der Waals surface area contributed by atoms with E-state index in [9.17, 15) is 14.4 Å². The normalized spacial score (nSPS) is 16.8. The molecule has 0 fully saturated rings. The number of nitrogens with zero attached hydrogens (tertiary/aromatic N) is 1. The van der Waals surface area contributed by atoms with E-state index in [2.05, 4.69) is 16.0 Å². The van der Waals surface area contributed by atoms with Crippen LogP contribution in [0.5, 0.6) is 0 Å². The Morgan fingerprint density at radius 1 is 1.27 bits per heavy atom. The molecule has 1 heterocycles. The van der Waals surface area contributed by atoms with Crippen molar-refractivity contribution in [2.75, 3.05) is 32.1 Å². The second-order valence-corrected chi connectivity index (χ2v) is 6.02. The number of hydrogen-bond acceptors (Lipinski definition) is 5. The Balaban J connectivity index is 2.04. The van der Waals surface area contributed by atoms with Gasteiger partial charge in [-0.1, -0.05) is 18.2 Å². The zero-order valence-corrected chi connectivity index (χ0v) is 15.2. The van der Waals surface area contributed by atoms with E-state index in [0.29, 0.717) is 17.0 Å². The Labute approximate surface area is 152 Å². The van der Waals surface area contributed by atoms with Crippen LogP contribution in [0, 0.1) is 0 Å². The molecule has 1 aliphatic heterocycles. The third-order valence-electron chi connectivity index (χ3n) is 3.76. The fourth-order valence-electron chi connectivity index (χ4n) is 2.70. The number of nitrogens with one attached hydrogen (secondary N) is 3. The van der Waals surface area contributed by atoms with Crippen LogP contribution in [0.4, 0.5) is 10.5 Å². The Bertz CT molecular complexity index is 702. The molecule has 1 atom stereocenters. The molecule has 0 bridgehead atoms. The second kappa shape index (κ2) is 9.00. The highest BCUT2D eigenvalue weighted by Gasteiger charge is 2.30. The van der Waals surface area contributed by atoms with Gasteiger partial charge in [-0.25, -0.2) is 9.59 Å². The van der Waals surface area contributed by atoms with Crippen LogP contribution >= 0.6 is 0 Å². The molecule has 2 rings (SSSR count). The van der Waals surface area contributed by atoms with Crippen LogP contribution in [0.25, 0.3) is 0 Å². The molecule has 3 N–H and O–H groups in total. The smallest absolute Gasteiger partial charge is 0.337 e. The molecule has 140 valence electrons. The predicted octanol–water partition coefficient (Wildman–Crippen LogP) is 1.08. The monoisotopic (exact) mass is 360 g/mol. The van der Waals surface area contributed by atoms with Gasteiger partial charge in [-0.2, -0.15) is 0 Å². The van der Waals surface area contributed by atoms with Gasteiger partial charge in [0, 0.05) is 17.9 Å². The summed E-state index contributed by atoms with van der Waals surface area (Å²) in [7, 11) is 1.74. The Morgan fingerprint density at radius 3 is 2.62 bits per heavy atom. The average Bonchev–Trinajstić information content (AvgIpc) is 2.54. The first-order valence-corrected chi connectivity index (χ1v) is 8.41. The van der Waals surface area contributed by atoms with Gasteiger partial charge in [0.1, 0.15) is 0 Å². The summed E-state index contributed by atoms with van der Waals surface area (Å²) in [6.45, 7) is 4.01. The Morgan fingerprint density at radius 2 is 1.96 bits per heavy atom. The van der Waals surface area contributed by atoms with Crippen LogP contribution in [0.15, 0.2) is 41.6 Å². The Hall–Kier alpha value is -2.87. The molecule has 26 heavy (non-hydrogen) atoms. The predicted molar refractivity (Wildman–Crippen MR) is 97.4 cm³/mol. The zero-order chi connectivity index (χ0) is 19.1. The summed E-state index contributed by atoms with van der Waals surface area (Å²) in [6.07, 6.45) is 0. The number of likely N-dealkylation sites (N-methyl/N-ethyl adjacent to an activating group) is 1. The van der Waals surface area contributed by atoms with Crippen LogP contribution < -0.4 is 16.0 Å². The van der Waals surface area contributed by atoms with Gasteiger partial charge in [0.25, 0.3) is 0 Å². The molecular weight excluding hydrogens is 336 g/mol. The summed E-state index contributed by atoms with van der Waals surface area (Å²) in [5, 5.41) is 8.08. The van der Waals surface area contributed by atoms with Crippen molar-refractivity contribution in [3.05, 3.63) is 41.6 Å². The van der Waals surface area contributed by atoms with E-state index in [1.807, 2.05) is 18.2 Å². The highest BCUT2D eigenvalue weighted by Crippen LogP contribution is 2.15. The number of urea groups is 1. The molecular formula is C18H24N4O4. The van der Waals surface area contributed by atoms with Crippen LogP contribution in [0.1, 0.15) is 13.8 Å². The SMILES string of the molecule is CCOC(=O)C1=C(CN(C)CC(=O)Nc2ccccc2)NC(=O)NC1C. The van der Waals surface area contributed by atoms with E-state index in [4.69, 9.17) is 4.74 Å². The maximum atomic E-state index is 12.2. The van der Waals surface area contributed by atoms with Crippen LogP contribution in [0.3, 0.4) is 0 Å². The molecule has 0 saturated carbocycles. The lowest BCUT2D eigenvalue weighted by atomic mass is 10.0. The van der Waals surface area contributed by atoms with Crippen LogP contribution in [0.2, 0.25) is 0 Å². The van der Waals surface area contributed by atoms with E-state index in [1.54, 1.807) is 37.9 Å². The molecule has 0 radical (unpaired) electrons. The number of amides is 3. The van der Waals surface area contributed by atoms with E-state index >= 15 is 0 Å². The van der Waals surface area contributed by atoms with Gasteiger partial charge in [0.2, 0.25) is 5.91 Å². The highest BCUT2D eigenvalue weighted by atomic mass is 16.5. The number of carbonyl (C=O) groups is 3. The summed E-state index contributed by atoms with van der Waals surface area (Å²) in [5.74, 6) is -0.671. The highest BCUT2D eigenvalue weighted by molar-refractivity contribution is 5.95. The fourth-order valence-corrected chi connectivity index (χ4v) is 2.70. The first-order valence-electron chi connectivity index (χ1n) is 8.41. The summed E-state index contributed by atoms with van der Waals surface area (Å²) in [5.41, 5.74) is 1.51. The van der Waals surface area contributed by atoms with Gasteiger partial charge in [0.05, 0.1) is 24.8 Å². The zero-order valence-electron chi connectivity index (χ0n) is 15.2. The van der Waals surface area contributed by atoms with Gasteiger partial charge < -0.3 is 20.7 Å². The number of esters is 1. The van der Waals surface area contributed by atoms with Crippen molar-refractivity contribution < 1.29 is 19.1 Å². The lowest BCUT2D eigenvalue weighted by molar-refractivity contribution is -0.139. The second-order valence-electron chi connectivity index (χ2n) is 6.02. The van der Waals surface area contributed by atoms with E-state index < -0.39 is 12.0 Å². The van der Waals surface area contributed by atoms with Crippen molar-refractivity contribution in [3.63, 3.8) is 0 Å². The summed E-state index contributed by atoms with van der Waals surface area (Å²) in [6, 6.07) is 8.28. The molecule has 8 nitrogen and oxygen atoms in total. The van der Waals surface area contributed by atoms with E-state index in [0.717, 1.165) is 0 Å². The quantitative estimate of drug-likeness (QED) is 0.632. The summed E-state index contributed by atoms with van der Waals surface area (Å²) >= 11 is 0. The van der Waals surface area contributed by atoms with Crippen molar-refractivity contribution in [1.82, 2.24) is 15.5 Å². The maximum absolute atomic E-state index is 12.2. The third-order valence-corrected chi connectivity index (χ3v) is 3.76. The summed E-state index contributed by atoms with van der Waals surface area (Å²) in [4.78, 5) is 37.8. The molecule has 0 aliphatic carbocycles. The molecule has 1 aromatic carbocycles. The summed E-state index contributed by atoms with van der Waals surface area (Å²) < 4.78 is 5.07. The minimum atomic E-state index is -0.482. The standard InChI is InChI=1S/C18H24N4O4/c1-4-26-17(24)16-12(2)19-18(25)21-14(16)10-22(3)11-15(23)20-13-8-6-5-7-9-13/h5-9,12H,4,10-11H2,1-3H3,(H,20,23)(H2,19,21,25). The molecule has 0 saturated heterocycles. The fraction of sp³-hybridized carbons (Fsp3) is 0.389. The van der Waals surface area contributed by atoms with Gasteiger partial charge in [-0.15, -0.1) is 0 Å². The molecule has 1 aromatic rings. The van der Waals surface area contributed by atoms with Gasteiger partial charge >= 0.3 is 12.0 Å². The first-order chi connectivity index (χ1) is 12.4. The van der Waals surface area contributed by atoms with Crippen molar-refractivity contribution in [3.8, 4) is 0 Å². The number of benzene rings is 1. The van der Waals surface area contributed by atoms with Crippen molar-refractivity contribution in [2.24, 2.45) is 0 Å². The number of carbonyl (C=O) groups excluding carboxylic acids is 3. The molecule has 0 spiro atoms. The van der Waals surface area contributed by atoms with Crippen molar-refractivity contribution in [2.45, 2.75) is 19.9 Å². The molecule has 3 amide bonds. The maximum Gasteiger partial charge on any atom is 0.337 e. The third kappa shape index (κ3) is 5.32. The first kappa shape index (κ1) is 19.5. The minimum absolute atomic E-state index is 0.103. The van der Waals surface area contributed by atoms with E-state index in [-0.39, 0.29) is 31.6 Å². The van der Waals surface area contributed by atoms with Gasteiger partial charge in [0.15, 0.2) is 0 Å². The topological polar surface area (TPSA) is 99.8 Å². The number of hydrogen-bond donors (Lipinski definition) is 3. The van der Waals surface area contributed by atoms with Crippen LogP contribution in [-0.2, 0) is 14.3 Å². The number of ether oxygens (including phenoxy) is 1. The molecule has 0 aromatic heterocycles. The number of para-hydroxylation sites is 1. The van der Waals surface area contributed by atoms with Gasteiger partial charge in [-0.05, 0) is 33.0 Å². The van der Waals surface area contributed by atoms with Crippen molar-refractivity contribution >= 4 is 23.6 Å². The number of anilines is 1. The van der Waals surface area contributed by atoms with Crippen LogP contribution in [-0.4, -0.2) is 55.6 Å². The molecule has 1 aliphatic rings. The minimum Gasteiger partial charge on any atom is -0.463 e. The largest absolute Gasteiger partial charge is 0.463 e. The number of rotatable bonds is 7.